The zero-order valence-electron chi connectivity index (χ0n) is 11.3. The molecule has 0 unspecified atom stereocenters. The van der Waals surface area contributed by atoms with E-state index in [0.717, 1.165) is 13.1 Å². The fraction of sp³-hybridized carbons (Fsp3) is 0.500. The fourth-order valence-electron chi connectivity index (χ4n) is 1.31. The smallest absolute Gasteiger partial charge is 0.293 e. The third kappa shape index (κ3) is 6.25. The Bertz CT molecular complexity index is 343. The number of nitrogens with one attached hydrogen (secondary N) is 2. The van der Waals surface area contributed by atoms with Gasteiger partial charge in [0.15, 0.2) is 0 Å². The first-order valence-electron chi connectivity index (χ1n) is 6.15. The first-order valence-corrected chi connectivity index (χ1v) is 6.15. The molecule has 4 nitrogen and oxygen atoms in total. The lowest BCUT2D eigenvalue weighted by molar-refractivity contribution is -0.138. The largest absolute Gasteiger partial charge is 0.462 e. The monoisotopic (exact) mass is 250 g/mol. The van der Waals surface area contributed by atoms with Crippen LogP contribution >= 0.6 is 0 Å². The molecule has 1 heterocycles. The topological polar surface area (TPSA) is 50.4 Å². The summed E-state index contributed by atoms with van der Waals surface area (Å²) in [6, 6.07) is 11.0. The van der Waals surface area contributed by atoms with E-state index in [-0.39, 0.29) is 5.60 Å². The van der Waals surface area contributed by atoms with Crippen LogP contribution in [0.4, 0.5) is 5.69 Å². The van der Waals surface area contributed by atoms with Gasteiger partial charge in [0, 0.05) is 18.8 Å². The Morgan fingerprint density at radius 1 is 1.28 bits per heavy atom. The lowest BCUT2D eigenvalue weighted by Gasteiger charge is -2.28. The van der Waals surface area contributed by atoms with Gasteiger partial charge in [0.05, 0.1) is 6.04 Å². The Kier molecular flexibility index (Phi) is 5.65. The van der Waals surface area contributed by atoms with Crippen molar-refractivity contribution >= 4 is 12.2 Å². The second-order valence-electron chi connectivity index (χ2n) is 5.19. The third-order valence-electron chi connectivity index (χ3n) is 2.33. The molecule has 0 aromatic heterocycles. The number of ether oxygens (including phenoxy) is 1. The summed E-state index contributed by atoms with van der Waals surface area (Å²) in [7, 11) is 0. The molecule has 0 bridgehead atoms. The molecule has 0 saturated carbocycles. The Labute approximate surface area is 109 Å². The summed E-state index contributed by atoms with van der Waals surface area (Å²) < 4.78 is 4.55. The summed E-state index contributed by atoms with van der Waals surface area (Å²) in [5.41, 5.74) is 0.904. The molecular formula is C14H22N2O2. The molecule has 100 valence electrons. The molecule has 0 aliphatic carbocycles. The first kappa shape index (κ1) is 14.5. The summed E-state index contributed by atoms with van der Waals surface area (Å²) in [6.45, 7) is 8.11. The number of anilines is 1. The molecule has 1 fully saturated rings. The van der Waals surface area contributed by atoms with Gasteiger partial charge in [-0.15, -0.1) is 0 Å². The maximum atomic E-state index is 9.60. The predicted octanol–water partition coefficient (Wildman–Crippen LogP) is 2.03. The SMILES string of the molecule is CC(C)(C)OC=O.c1ccc(NC2CNC2)cc1. The third-order valence-corrected chi connectivity index (χ3v) is 2.33. The van der Waals surface area contributed by atoms with Crippen molar-refractivity contribution in [3.05, 3.63) is 30.3 Å². The van der Waals surface area contributed by atoms with Gasteiger partial charge in [0.25, 0.3) is 6.47 Å². The lowest BCUT2D eigenvalue weighted by Crippen LogP contribution is -2.51. The van der Waals surface area contributed by atoms with Gasteiger partial charge in [-0.2, -0.15) is 0 Å². The Balaban J connectivity index is 0.000000203. The second-order valence-corrected chi connectivity index (χ2v) is 5.19. The fourth-order valence-corrected chi connectivity index (χ4v) is 1.31. The quantitative estimate of drug-likeness (QED) is 0.806. The van der Waals surface area contributed by atoms with Crippen molar-refractivity contribution in [2.24, 2.45) is 0 Å². The number of benzene rings is 1. The minimum Gasteiger partial charge on any atom is -0.462 e. The van der Waals surface area contributed by atoms with Crippen molar-refractivity contribution in [3.63, 3.8) is 0 Å². The minimum atomic E-state index is -0.318. The average molecular weight is 250 g/mol. The van der Waals surface area contributed by atoms with Crippen LogP contribution in [0.3, 0.4) is 0 Å². The van der Waals surface area contributed by atoms with Gasteiger partial charge in [-0.1, -0.05) is 18.2 Å². The normalized spacial score (nSPS) is 14.8. The number of hydrogen-bond acceptors (Lipinski definition) is 4. The molecule has 1 saturated heterocycles. The van der Waals surface area contributed by atoms with Gasteiger partial charge >= 0.3 is 0 Å². The van der Waals surface area contributed by atoms with E-state index in [1.165, 1.54) is 5.69 Å². The molecule has 0 amide bonds. The molecule has 18 heavy (non-hydrogen) atoms. The Morgan fingerprint density at radius 2 is 1.89 bits per heavy atom. The lowest BCUT2D eigenvalue weighted by atomic mass is 10.1. The van der Waals surface area contributed by atoms with Gasteiger partial charge in [-0.3, -0.25) is 4.79 Å². The van der Waals surface area contributed by atoms with Gasteiger partial charge < -0.3 is 15.4 Å². The summed E-state index contributed by atoms with van der Waals surface area (Å²) in [6.07, 6.45) is 0. The van der Waals surface area contributed by atoms with E-state index in [9.17, 15) is 4.79 Å². The number of rotatable bonds is 3. The molecular weight excluding hydrogens is 228 g/mol. The highest BCUT2D eigenvalue weighted by atomic mass is 16.5. The van der Waals surface area contributed by atoms with Gasteiger partial charge in [-0.25, -0.2) is 0 Å². The number of para-hydroxylation sites is 1. The van der Waals surface area contributed by atoms with E-state index in [2.05, 4.69) is 39.6 Å². The van der Waals surface area contributed by atoms with E-state index in [1.54, 1.807) is 0 Å². The summed E-state index contributed by atoms with van der Waals surface area (Å²) in [5, 5.41) is 6.63. The first-order chi connectivity index (χ1) is 8.51. The molecule has 1 aromatic rings. The van der Waals surface area contributed by atoms with Crippen LogP contribution in [-0.2, 0) is 9.53 Å². The van der Waals surface area contributed by atoms with E-state index in [4.69, 9.17) is 0 Å². The van der Waals surface area contributed by atoms with E-state index >= 15 is 0 Å². The maximum Gasteiger partial charge on any atom is 0.293 e. The number of carbonyl (C=O) groups excluding carboxylic acids is 1. The highest BCUT2D eigenvalue weighted by molar-refractivity contribution is 5.44. The van der Waals surface area contributed by atoms with E-state index < -0.39 is 0 Å². The summed E-state index contributed by atoms with van der Waals surface area (Å²) in [5.74, 6) is 0. The molecule has 0 spiro atoms. The molecule has 0 atom stereocenters. The van der Waals surface area contributed by atoms with Crippen molar-refractivity contribution in [2.45, 2.75) is 32.4 Å². The molecule has 2 N–H and O–H groups in total. The maximum absolute atomic E-state index is 9.60. The second kappa shape index (κ2) is 7.01. The van der Waals surface area contributed by atoms with Crippen molar-refractivity contribution in [1.29, 1.82) is 0 Å². The van der Waals surface area contributed by atoms with Crippen LogP contribution in [0.5, 0.6) is 0 Å². The molecule has 1 aliphatic rings. The summed E-state index contributed by atoms with van der Waals surface area (Å²) >= 11 is 0. The van der Waals surface area contributed by atoms with Crippen LogP contribution < -0.4 is 10.6 Å². The number of carbonyl (C=O) groups is 1. The Morgan fingerprint density at radius 3 is 2.22 bits per heavy atom. The van der Waals surface area contributed by atoms with Crippen LogP contribution in [0.15, 0.2) is 30.3 Å². The minimum absolute atomic E-state index is 0.318. The highest BCUT2D eigenvalue weighted by Crippen LogP contribution is 2.08. The predicted molar refractivity (Wildman–Crippen MR) is 73.6 cm³/mol. The van der Waals surface area contributed by atoms with Gasteiger partial charge in [-0.05, 0) is 32.9 Å². The van der Waals surface area contributed by atoms with Gasteiger partial charge in [0.2, 0.25) is 0 Å². The zero-order chi connectivity index (χ0) is 13.4. The van der Waals surface area contributed by atoms with Crippen molar-refractivity contribution < 1.29 is 9.53 Å². The van der Waals surface area contributed by atoms with Gasteiger partial charge in [0.1, 0.15) is 5.60 Å². The number of hydrogen-bond donors (Lipinski definition) is 2. The molecule has 0 radical (unpaired) electrons. The van der Waals surface area contributed by atoms with Crippen LogP contribution in [-0.4, -0.2) is 31.2 Å². The summed E-state index contributed by atoms with van der Waals surface area (Å²) in [4.78, 5) is 9.60. The molecule has 1 aliphatic heterocycles. The van der Waals surface area contributed by atoms with Crippen molar-refractivity contribution in [1.82, 2.24) is 5.32 Å². The van der Waals surface area contributed by atoms with Crippen LogP contribution in [0.2, 0.25) is 0 Å². The van der Waals surface area contributed by atoms with Crippen LogP contribution in [0.1, 0.15) is 20.8 Å². The van der Waals surface area contributed by atoms with Crippen LogP contribution in [0, 0.1) is 0 Å². The van der Waals surface area contributed by atoms with E-state index in [0.29, 0.717) is 12.5 Å². The standard InChI is InChI=1S/C9H12N2.C5H10O2/c1-2-4-8(5-3-1)11-9-6-10-7-9;1-5(2,3)7-4-6/h1-5,9-11H,6-7H2;4H,1-3H3. The van der Waals surface area contributed by atoms with Crippen molar-refractivity contribution in [2.75, 3.05) is 18.4 Å². The average Bonchev–Trinajstić information content (AvgIpc) is 2.24. The van der Waals surface area contributed by atoms with Crippen molar-refractivity contribution in [3.8, 4) is 0 Å². The molecule has 2 rings (SSSR count). The zero-order valence-corrected chi connectivity index (χ0v) is 11.3. The molecule has 4 heteroatoms. The van der Waals surface area contributed by atoms with Crippen LogP contribution in [0.25, 0.3) is 0 Å². The Hall–Kier alpha value is -1.55. The highest BCUT2D eigenvalue weighted by Gasteiger charge is 2.15. The molecule has 1 aromatic carbocycles. The van der Waals surface area contributed by atoms with E-state index in [1.807, 2.05) is 26.8 Å².